The minimum atomic E-state index is -0.947. The van der Waals surface area contributed by atoms with Crippen molar-refractivity contribution < 1.29 is 18.7 Å². The lowest BCUT2D eigenvalue weighted by molar-refractivity contribution is -0.133. The predicted octanol–water partition coefficient (Wildman–Crippen LogP) is 2.51. The minimum absolute atomic E-state index is 0.160. The Labute approximate surface area is 168 Å². The van der Waals surface area contributed by atoms with Gasteiger partial charge in [-0.25, -0.2) is 9.18 Å². The summed E-state index contributed by atoms with van der Waals surface area (Å²) in [4.78, 5) is 34.4. The van der Waals surface area contributed by atoms with Crippen LogP contribution in [-0.4, -0.2) is 71.0 Å². The molecule has 2 aliphatic rings. The molecular formula is C21H25FN4O3. The highest BCUT2D eigenvalue weighted by Crippen LogP contribution is 2.41. The number of carbonyl (C=O) groups is 2. The molecule has 29 heavy (non-hydrogen) atoms. The number of likely N-dealkylation sites (N-methyl/N-ethyl adjacent to an activating group) is 1. The Morgan fingerprint density at radius 1 is 1.41 bits per heavy atom. The van der Waals surface area contributed by atoms with Gasteiger partial charge in [-0.1, -0.05) is 6.08 Å². The summed E-state index contributed by atoms with van der Waals surface area (Å²) in [6.45, 7) is 7.40. The van der Waals surface area contributed by atoms with Crippen molar-refractivity contribution >= 4 is 22.8 Å². The van der Waals surface area contributed by atoms with Gasteiger partial charge in [0.25, 0.3) is 5.91 Å². The first-order valence-electron chi connectivity index (χ1n) is 9.60. The zero-order chi connectivity index (χ0) is 20.9. The van der Waals surface area contributed by atoms with Crippen LogP contribution in [-0.2, 0) is 17.8 Å². The number of urea groups is 1. The van der Waals surface area contributed by atoms with Crippen molar-refractivity contribution in [1.82, 2.24) is 19.7 Å². The second-order valence-corrected chi connectivity index (χ2v) is 7.94. The van der Waals surface area contributed by atoms with Crippen LogP contribution in [0.4, 0.5) is 9.18 Å². The van der Waals surface area contributed by atoms with E-state index >= 15 is 0 Å². The van der Waals surface area contributed by atoms with Gasteiger partial charge in [0, 0.05) is 48.7 Å². The van der Waals surface area contributed by atoms with Crippen molar-refractivity contribution in [3.8, 4) is 5.75 Å². The predicted molar refractivity (Wildman–Crippen MR) is 107 cm³/mol. The summed E-state index contributed by atoms with van der Waals surface area (Å²) < 4.78 is 19.2. The molecule has 0 unspecified atom stereocenters. The highest BCUT2D eigenvalue weighted by Gasteiger charge is 2.56. The molecule has 8 heteroatoms. The number of nitrogens with zero attached hydrogens (tertiary/aromatic N) is 3. The number of rotatable bonds is 6. The number of ether oxygens (including phenoxy) is 1. The molecule has 0 bridgehead atoms. The van der Waals surface area contributed by atoms with Crippen LogP contribution in [0.2, 0.25) is 0 Å². The zero-order valence-electron chi connectivity index (χ0n) is 16.9. The lowest BCUT2D eigenvalue weighted by Gasteiger charge is -2.35. The third-order valence-electron chi connectivity index (χ3n) is 6.01. The molecule has 1 atom stereocenters. The molecule has 1 N–H and O–H groups in total. The first-order chi connectivity index (χ1) is 13.8. The maximum atomic E-state index is 14.1. The fraction of sp³-hybridized carbons (Fsp3) is 0.429. The van der Waals surface area contributed by atoms with Gasteiger partial charge in [-0.05, 0) is 25.6 Å². The minimum Gasteiger partial charge on any atom is -0.494 e. The lowest BCUT2D eigenvalue weighted by atomic mass is 9.86. The number of amides is 3. The van der Waals surface area contributed by atoms with Crippen LogP contribution < -0.4 is 4.74 Å². The molecule has 7 nitrogen and oxygen atoms in total. The molecular weight excluding hydrogens is 375 g/mol. The third kappa shape index (κ3) is 2.90. The summed E-state index contributed by atoms with van der Waals surface area (Å²) in [5.74, 6) is -0.483. The van der Waals surface area contributed by atoms with Gasteiger partial charge in [-0.15, -0.1) is 6.58 Å². The number of H-pyrrole nitrogens is 1. The topological polar surface area (TPSA) is 68.9 Å². The van der Waals surface area contributed by atoms with Crippen molar-refractivity contribution in [1.29, 1.82) is 0 Å². The molecule has 0 saturated carbocycles. The third-order valence-corrected chi connectivity index (χ3v) is 6.01. The standard InChI is InChI=1S/C21H25FN4O3/c1-5-6-24(3)7-8-25-19(27)21(2)11-14-13-9-18(29-4)15(22)10-16(13)23-17(14)12-26(21)20(25)28/h5,9-10,23H,1,6-8,11-12H2,2-4H3/t21-/m0/s1. The van der Waals surface area contributed by atoms with Crippen LogP contribution in [0.5, 0.6) is 5.75 Å². The second-order valence-electron chi connectivity index (χ2n) is 7.94. The van der Waals surface area contributed by atoms with Crippen molar-refractivity contribution in [2.75, 3.05) is 33.8 Å². The van der Waals surface area contributed by atoms with E-state index in [9.17, 15) is 14.0 Å². The average Bonchev–Trinajstić information content (AvgIpc) is 3.10. The van der Waals surface area contributed by atoms with E-state index in [2.05, 4.69) is 11.6 Å². The Balaban J connectivity index is 1.66. The summed E-state index contributed by atoms with van der Waals surface area (Å²) in [5.41, 5.74) is 1.46. The second kappa shape index (κ2) is 6.88. The highest BCUT2D eigenvalue weighted by molar-refractivity contribution is 6.07. The van der Waals surface area contributed by atoms with Crippen molar-refractivity contribution in [2.45, 2.75) is 25.4 Å². The quantitative estimate of drug-likeness (QED) is 0.598. The number of fused-ring (bicyclic) bond motifs is 4. The highest BCUT2D eigenvalue weighted by atomic mass is 19.1. The first-order valence-corrected chi connectivity index (χ1v) is 9.60. The van der Waals surface area contributed by atoms with Crippen LogP contribution in [0, 0.1) is 5.82 Å². The zero-order valence-corrected chi connectivity index (χ0v) is 16.9. The molecule has 0 spiro atoms. The van der Waals surface area contributed by atoms with Crippen LogP contribution in [0.15, 0.2) is 24.8 Å². The molecule has 1 fully saturated rings. The molecule has 4 rings (SSSR count). The molecule has 154 valence electrons. The summed E-state index contributed by atoms with van der Waals surface area (Å²) >= 11 is 0. The van der Waals surface area contributed by atoms with Crippen LogP contribution in [0.1, 0.15) is 18.2 Å². The maximum Gasteiger partial charge on any atom is 0.328 e. The number of halogens is 1. The molecule has 1 aromatic carbocycles. The lowest BCUT2D eigenvalue weighted by Crippen LogP contribution is -2.51. The summed E-state index contributed by atoms with van der Waals surface area (Å²) in [6.07, 6.45) is 2.16. The van der Waals surface area contributed by atoms with Gasteiger partial charge in [0.1, 0.15) is 5.54 Å². The molecule has 3 amide bonds. The SMILES string of the molecule is C=CCN(C)CCN1C(=O)N2Cc3[nH]c4cc(F)c(OC)cc4c3C[C@@]2(C)C1=O. The normalized spacial score (nSPS) is 21.1. The van der Waals surface area contributed by atoms with Crippen molar-refractivity contribution in [3.05, 3.63) is 41.9 Å². The fourth-order valence-corrected chi connectivity index (χ4v) is 4.35. The molecule has 2 aliphatic heterocycles. The van der Waals surface area contributed by atoms with E-state index in [1.165, 1.54) is 18.1 Å². The van der Waals surface area contributed by atoms with Crippen LogP contribution >= 0.6 is 0 Å². The average molecular weight is 400 g/mol. The number of aromatic amines is 1. The van der Waals surface area contributed by atoms with E-state index in [0.29, 0.717) is 31.6 Å². The van der Waals surface area contributed by atoms with Gasteiger partial charge in [0.15, 0.2) is 11.6 Å². The van der Waals surface area contributed by atoms with E-state index in [-0.39, 0.29) is 24.2 Å². The van der Waals surface area contributed by atoms with E-state index in [4.69, 9.17) is 4.74 Å². The maximum absolute atomic E-state index is 14.1. The molecule has 0 radical (unpaired) electrons. The molecule has 1 saturated heterocycles. The summed E-state index contributed by atoms with van der Waals surface area (Å²) in [6, 6.07) is 2.77. The number of hydrogen-bond donors (Lipinski definition) is 1. The number of hydrogen-bond acceptors (Lipinski definition) is 4. The van der Waals surface area contributed by atoms with Gasteiger partial charge < -0.3 is 19.5 Å². The Morgan fingerprint density at radius 2 is 2.17 bits per heavy atom. The Morgan fingerprint density at radius 3 is 2.86 bits per heavy atom. The van der Waals surface area contributed by atoms with Gasteiger partial charge in [0.2, 0.25) is 0 Å². The fourth-order valence-electron chi connectivity index (χ4n) is 4.35. The smallest absolute Gasteiger partial charge is 0.328 e. The van der Waals surface area contributed by atoms with Gasteiger partial charge in [0.05, 0.1) is 13.7 Å². The van der Waals surface area contributed by atoms with Crippen molar-refractivity contribution in [3.63, 3.8) is 0 Å². The Kier molecular flexibility index (Phi) is 4.61. The monoisotopic (exact) mass is 400 g/mol. The van der Waals surface area contributed by atoms with E-state index in [0.717, 1.165) is 16.6 Å². The number of aromatic nitrogens is 1. The Bertz CT molecular complexity index is 1020. The van der Waals surface area contributed by atoms with Crippen molar-refractivity contribution in [2.24, 2.45) is 0 Å². The van der Waals surface area contributed by atoms with E-state index < -0.39 is 11.4 Å². The van der Waals surface area contributed by atoms with Gasteiger partial charge >= 0.3 is 6.03 Å². The number of benzene rings is 1. The summed E-state index contributed by atoms with van der Waals surface area (Å²) in [7, 11) is 3.35. The van der Waals surface area contributed by atoms with E-state index in [1.54, 1.807) is 17.0 Å². The van der Waals surface area contributed by atoms with E-state index in [1.807, 2.05) is 18.9 Å². The largest absolute Gasteiger partial charge is 0.494 e. The van der Waals surface area contributed by atoms with Gasteiger partial charge in [-0.3, -0.25) is 9.69 Å². The van der Waals surface area contributed by atoms with Crippen LogP contribution in [0.25, 0.3) is 10.9 Å². The summed E-state index contributed by atoms with van der Waals surface area (Å²) in [5, 5.41) is 0.823. The Hall–Kier alpha value is -2.87. The number of imide groups is 1. The molecule has 0 aliphatic carbocycles. The van der Waals surface area contributed by atoms with Gasteiger partial charge in [-0.2, -0.15) is 0 Å². The number of nitrogens with one attached hydrogen (secondary N) is 1. The molecule has 3 heterocycles. The van der Waals surface area contributed by atoms with Crippen LogP contribution in [0.3, 0.4) is 0 Å². The first kappa shape index (κ1) is 19.4. The molecule has 2 aromatic rings. The molecule has 1 aromatic heterocycles. The number of methoxy groups -OCH3 is 1. The number of carbonyl (C=O) groups excluding carboxylic acids is 2.